The largest absolute Gasteiger partial charge is 0.393 e. The summed E-state index contributed by atoms with van der Waals surface area (Å²) in [5.74, 6) is -0.192. The number of amides is 1. The lowest BCUT2D eigenvalue weighted by Crippen LogP contribution is -2.52. The molecule has 2 N–H and O–H groups in total. The van der Waals surface area contributed by atoms with E-state index in [0.717, 1.165) is 12.8 Å². The first-order chi connectivity index (χ1) is 9.98. The van der Waals surface area contributed by atoms with E-state index in [9.17, 15) is 9.90 Å². The number of carbonyl (C=O) groups is 1. The predicted molar refractivity (Wildman–Crippen MR) is 77.4 cm³/mol. The molecule has 2 fully saturated rings. The molecule has 7 heteroatoms. The number of carbonyl (C=O) groups excluding carboxylic acids is 1. The van der Waals surface area contributed by atoms with Gasteiger partial charge in [-0.15, -0.1) is 0 Å². The minimum Gasteiger partial charge on any atom is -0.393 e. The molecule has 1 amide bonds. The average molecular weight is 314 g/mol. The SMILES string of the molecule is CO[C@@]12CC[C@@H](O)C[C@@H]1N(C(=O)c1n[nH]c(C)c1Cl)CC2. The molecule has 21 heavy (non-hydrogen) atoms. The van der Waals surface area contributed by atoms with Crippen molar-refractivity contribution >= 4 is 17.5 Å². The normalized spacial score (nSPS) is 32.3. The Morgan fingerprint density at radius 3 is 2.95 bits per heavy atom. The smallest absolute Gasteiger partial charge is 0.276 e. The molecule has 1 saturated carbocycles. The minimum absolute atomic E-state index is 0.119. The summed E-state index contributed by atoms with van der Waals surface area (Å²) < 4.78 is 5.74. The van der Waals surface area contributed by atoms with Crippen LogP contribution in [0, 0.1) is 6.92 Å². The molecule has 116 valence electrons. The first kappa shape index (κ1) is 14.8. The summed E-state index contributed by atoms with van der Waals surface area (Å²) in [5, 5.41) is 17.1. The second-order valence-corrected chi connectivity index (χ2v) is 6.35. The maximum atomic E-state index is 12.7. The third-order valence-corrected chi connectivity index (χ3v) is 5.36. The first-order valence-electron chi connectivity index (χ1n) is 7.23. The van der Waals surface area contributed by atoms with Crippen molar-refractivity contribution in [2.45, 2.75) is 50.4 Å². The Morgan fingerprint density at radius 1 is 1.57 bits per heavy atom. The number of ether oxygens (including phenoxy) is 1. The van der Waals surface area contributed by atoms with E-state index in [4.69, 9.17) is 16.3 Å². The van der Waals surface area contributed by atoms with Crippen molar-refractivity contribution in [3.63, 3.8) is 0 Å². The van der Waals surface area contributed by atoms with E-state index in [0.29, 0.717) is 30.1 Å². The van der Waals surface area contributed by atoms with Crippen molar-refractivity contribution in [1.82, 2.24) is 15.1 Å². The van der Waals surface area contributed by atoms with Crippen LogP contribution in [0.5, 0.6) is 0 Å². The number of aromatic nitrogens is 2. The molecule has 2 heterocycles. The van der Waals surface area contributed by atoms with Gasteiger partial charge in [0.25, 0.3) is 5.91 Å². The van der Waals surface area contributed by atoms with Gasteiger partial charge in [0.05, 0.1) is 28.5 Å². The highest BCUT2D eigenvalue weighted by atomic mass is 35.5. The number of aromatic amines is 1. The van der Waals surface area contributed by atoms with Crippen LogP contribution in [0.25, 0.3) is 0 Å². The lowest BCUT2D eigenvalue weighted by Gasteiger charge is -2.42. The molecule has 1 aliphatic heterocycles. The van der Waals surface area contributed by atoms with Gasteiger partial charge in [-0.1, -0.05) is 11.6 Å². The highest BCUT2D eigenvalue weighted by molar-refractivity contribution is 6.34. The summed E-state index contributed by atoms with van der Waals surface area (Å²) in [4.78, 5) is 14.5. The van der Waals surface area contributed by atoms with Crippen LogP contribution in [0.1, 0.15) is 41.9 Å². The molecule has 0 aromatic carbocycles. The van der Waals surface area contributed by atoms with Gasteiger partial charge in [-0.25, -0.2) is 0 Å². The standard InChI is InChI=1S/C14H20ClN3O3/c1-8-11(15)12(17-16-8)13(20)18-6-5-14(21-2)4-3-9(19)7-10(14)18/h9-10,19H,3-7H2,1-2H3,(H,16,17)/t9-,10+,14-/m1/s1. The Kier molecular flexibility index (Phi) is 3.71. The molecule has 3 rings (SSSR count). The maximum absolute atomic E-state index is 12.7. The Hall–Kier alpha value is -1.11. The molecule has 0 radical (unpaired) electrons. The number of likely N-dealkylation sites (tertiary alicyclic amines) is 1. The molecule has 0 unspecified atom stereocenters. The highest BCUT2D eigenvalue weighted by Crippen LogP contribution is 2.43. The van der Waals surface area contributed by atoms with Crippen LogP contribution in [0.4, 0.5) is 0 Å². The Morgan fingerprint density at radius 2 is 2.33 bits per heavy atom. The van der Waals surface area contributed by atoms with Gasteiger partial charge in [0.1, 0.15) is 0 Å². The van der Waals surface area contributed by atoms with E-state index >= 15 is 0 Å². The topological polar surface area (TPSA) is 78.5 Å². The minimum atomic E-state index is -0.386. The van der Waals surface area contributed by atoms with Crippen LogP contribution in [0.15, 0.2) is 0 Å². The number of aryl methyl sites for hydroxylation is 1. The van der Waals surface area contributed by atoms with Crippen LogP contribution in [-0.2, 0) is 4.74 Å². The molecule has 3 atom stereocenters. The number of nitrogens with one attached hydrogen (secondary N) is 1. The lowest BCUT2D eigenvalue weighted by atomic mass is 9.79. The van der Waals surface area contributed by atoms with Crippen molar-refractivity contribution in [3.05, 3.63) is 16.4 Å². The summed E-state index contributed by atoms with van der Waals surface area (Å²) in [5.41, 5.74) is 0.592. The monoisotopic (exact) mass is 313 g/mol. The highest BCUT2D eigenvalue weighted by Gasteiger charge is 2.52. The maximum Gasteiger partial charge on any atom is 0.276 e. The Bertz CT molecular complexity index is 562. The van der Waals surface area contributed by atoms with Gasteiger partial charge in [0.2, 0.25) is 0 Å². The second-order valence-electron chi connectivity index (χ2n) is 5.97. The zero-order valence-electron chi connectivity index (χ0n) is 12.2. The molecule has 0 spiro atoms. The number of hydrogen-bond donors (Lipinski definition) is 2. The lowest BCUT2D eigenvalue weighted by molar-refractivity contribution is -0.0824. The summed E-state index contributed by atoms with van der Waals surface area (Å²) in [6.45, 7) is 2.38. The van der Waals surface area contributed by atoms with E-state index in [1.165, 1.54) is 0 Å². The predicted octanol–water partition coefficient (Wildman–Crippen LogP) is 1.52. The summed E-state index contributed by atoms with van der Waals surface area (Å²) in [7, 11) is 1.68. The molecular formula is C14H20ClN3O3. The van der Waals surface area contributed by atoms with Crippen molar-refractivity contribution < 1.29 is 14.6 Å². The average Bonchev–Trinajstić information content (AvgIpc) is 3.01. The van der Waals surface area contributed by atoms with Gasteiger partial charge >= 0.3 is 0 Å². The molecule has 1 aromatic rings. The quantitative estimate of drug-likeness (QED) is 0.867. The van der Waals surface area contributed by atoms with Crippen LogP contribution in [-0.4, -0.2) is 57.5 Å². The summed E-state index contributed by atoms with van der Waals surface area (Å²) in [6, 6.07) is -0.119. The molecule has 1 saturated heterocycles. The zero-order chi connectivity index (χ0) is 15.2. The summed E-state index contributed by atoms with van der Waals surface area (Å²) >= 11 is 6.13. The Labute approximate surface area is 128 Å². The Balaban J connectivity index is 1.89. The number of aliphatic hydroxyl groups excluding tert-OH is 1. The molecule has 0 bridgehead atoms. The third kappa shape index (κ3) is 2.25. The van der Waals surface area contributed by atoms with Gasteiger partial charge in [-0.05, 0) is 32.6 Å². The number of rotatable bonds is 2. The van der Waals surface area contributed by atoms with Crippen molar-refractivity contribution in [3.8, 4) is 0 Å². The second kappa shape index (κ2) is 5.26. The molecule has 6 nitrogen and oxygen atoms in total. The van der Waals surface area contributed by atoms with E-state index in [1.807, 2.05) is 0 Å². The number of aliphatic hydroxyl groups is 1. The molecule has 1 aromatic heterocycles. The van der Waals surface area contributed by atoms with Crippen LogP contribution >= 0.6 is 11.6 Å². The molecule has 2 aliphatic rings. The fraction of sp³-hybridized carbons (Fsp3) is 0.714. The number of H-pyrrole nitrogens is 1. The summed E-state index contributed by atoms with van der Waals surface area (Å²) in [6.07, 6.45) is 2.43. The van der Waals surface area contributed by atoms with E-state index in [-0.39, 0.29) is 29.3 Å². The fourth-order valence-corrected chi connectivity index (χ4v) is 3.78. The molecule has 1 aliphatic carbocycles. The van der Waals surface area contributed by atoms with Gasteiger partial charge in [0.15, 0.2) is 5.69 Å². The van der Waals surface area contributed by atoms with Crippen molar-refractivity contribution in [2.75, 3.05) is 13.7 Å². The third-order valence-electron chi connectivity index (χ3n) is 4.90. The van der Waals surface area contributed by atoms with E-state index < -0.39 is 0 Å². The van der Waals surface area contributed by atoms with Crippen LogP contribution in [0.2, 0.25) is 5.02 Å². The zero-order valence-corrected chi connectivity index (χ0v) is 13.0. The van der Waals surface area contributed by atoms with Crippen molar-refractivity contribution in [2.24, 2.45) is 0 Å². The number of methoxy groups -OCH3 is 1. The van der Waals surface area contributed by atoms with Crippen LogP contribution in [0.3, 0.4) is 0 Å². The van der Waals surface area contributed by atoms with Gasteiger partial charge < -0.3 is 14.7 Å². The van der Waals surface area contributed by atoms with E-state index in [2.05, 4.69) is 10.2 Å². The van der Waals surface area contributed by atoms with Gasteiger partial charge in [-0.3, -0.25) is 9.89 Å². The number of hydrogen-bond acceptors (Lipinski definition) is 4. The van der Waals surface area contributed by atoms with Crippen LogP contribution < -0.4 is 0 Å². The molecular weight excluding hydrogens is 294 g/mol. The first-order valence-corrected chi connectivity index (χ1v) is 7.61. The number of fused-ring (bicyclic) bond motifs is 1. The fourth-order valence-electron chi connectivity index (χ4n) is 3.61. The van der Waals surface area contributed by atoms with Crippen molar-refractivity contribution in [1.29, 1.82) is 0 Å². The van der Waals surface area contributed by atoms with Gasteiger partial charge in [-0.2, -0.15) is 5.10 Å². The van der Waals surface area contributed by atoms with E-state index in [1.54, 1.807) is 18.9 Å². The number of nitrogens with zero attached hydrogens (tertiary/aromatic N) is 2. The van der Waals surface area contributed by atoms with Gasteiger partial charge in [0, 0.05) is 13.7 Å². The number of halogens is 1.